The van der Waals surface area contributed by atoms with E-state index in [0.717, 1.165) is 31.9 Å². The minimum atomic E-state index is -0.396. The van der Waals surface area contributed by atoms with Crippen molar-refractivity contribution in [2.45, 2.75) is 26.3 Å². The second-order valence-corrected chi connectivity index (χ2v) is 8.48. The molecule has 31 heavy (non-hydrogen) atoms. The van der Waals surface area contributed by atoms with Crippen molar-refractivity contribution in [3.63, 3.8) is 0 Å². The molecule has 0 aliphatic carbocycles. The average molecular weight is 430 g/mol. The molecule has 0 saturated heterocycles. The highest BCUT2D eigenvalue weighted by atomic mass is 32.1. The maximum Gasteiger partial charge on any atom is 0.226 e. The zero-order valence-corrected chi connectivity index (χ0v) is 18.2. The lowest BCUT2D eigenvalue weighted by molar-refractivity contribution is -0.120. The number of aromatic nitrogens is 1. The number of rotatable bonds is 6. The van der Waals surface area contributed by atoms with Gasteiger partial charge in [0, 0.05) is 12.5 Å². The molecule has 0 aliphatic rings. The number of aryl methyl sites for hydroxylation is 1. The van der Waals surface area contributed by atoms with Gasteiger partial charge in [-0.1, -0.05) is 54.1 Å². The van der Waals surface area contributed by atoms with Crippen LogP contribution in [-0.2, 0) is 9.59 Å². The van der Waals surface area contributed by atoms with Crippen molar-refractivity contribution in [1.82, 2.24) is 10.3 Å². The van der Waals surface area contributed by atoms with E-state index in [1.807, 2.05) is 79.7 Å². The molecule has 5 nitrogen and oxygen atoms in total. The minimum Gasteiger partial charge on any atom is -0.349 e. The van der Waals surface area contributed by atoms with Crippen LogP contribution in [0.15, 0.2) is 72.8 Å². The van der Waals surface area contributed by atoms with Gasteiger partial charge in [0.05, 0.1) is 28.4 Å². The monoisotopic (exact) mass is 429 g/mol. The number of hydrogen-bond acceptors (Lipinski definition) is 4. The van der Waals surface area contributed by atoms with Crippen molar-refractivity contribution in [3.05, 3.63) is 83.9 Å². The van der Waals surface area contributed by atoms with Crippen LogP contribution in [0.1, 0.15) is 30.5 Å². The number of anilines is 1. The van der Waals surface area contributed by atoms with Gasteiger partial charge in [-0.2, -0.15) is 0 Å². The number of nitrogens with zero attached hydrogens (tertiary/aromatic N) is 1. The molecule has 1 unspecified atom stereocenters. The highest BCUT2D eigenvalue weighted by Crippen LogP contribution is 2.34. The molecule has 2 N–H and O–H groups in total. The van der Waals surface area contributed by atoms with E-state index in [4.69, 9.17) is 4.98 Å². The summed E-state index contributed by atoms with van der Waals surface area (Å²) >= 11 is 1.59. The number of nitrogens with one attached hydrogen (secondary N) is 2. The number of benzene rings is 3. The summed E-state index contributed by atoms with van der Waals surface area (Å²) in [6.45, 7) is 3.46. The number of para-hydroxylation sites is 2. The van der Waals surface area contributed by atoms with Gasteiger partial charge in [0.15, 0.2) is 0 Å². The second kappa shape index (κ2) is 9.10. The predicted molar refractivity (Wildman–Crippen MR) is 126 cm³/mol. The molecule has 156 valence electrons. The lowest BCUT2D eigenvalue weighted by Gasteiger charge is -2.19. The van der Waals surface area contributed by atoms with E-state index in [-0.39, 0.29) is 18.2 Å². The summed E-state index contributed by atoms with van der Waals surface area (Å²) in [5.41, 5.74) is 4.55. The molecule has 0 spiro atoms. The summed E-state index contributed by atoms with van der Waals surface area (Å²) < 4.78 is 1.10. The number of amides is 2. The van der Waals surface area contributed by atoms with Crippen LogP contribution in [0.2, 0.25) is 0 Å². The first-order valence-corrected chi connectivity index (χ1v) is 10.9. The Hall–Kier alpha value is -3.51. The van der Waals surface area contributed by atoms with Crippen LogP contribution in [0, 0.1) is 6.92 Å². The van der Waals surface area contributed by atoms with E-state index < -0.39 is 6.04 Å². The van der Waals surface area contributed by atoms with Gasteiger partial charge in [-0.25, -0.2) is 4.98 Å². The van der Waals surface area contributed by atoms with Crippen molar-refractivity contribution in [2.75, 3.05) is 5.32 Å². The van der Waals surface area contributed by atoms with E-state index in [0.29, 0.717) is 5.69 Å². The molecule has 0 fully saturated rings. The van der Waals surface area contributed by atoms with E-state index in [2.05, 4.69) is 10.6 Å². The highest BCUT2D eigenvalue weighted by Gasteiger charge is 2.19. The van der Waals surface area contributed by atoms with Crippen LogP contribution >= 0.6 is 11.3 Å². The molecular formula is C25H23N3O2S. The Morgan fingerprint density at radius 2 is 1.68 bits per heavy atom. The summed E-state index contributed by atoms with van der Waals surface area (Å²) in [4.78, 5) is 29.3. The van der Waals surface area contributed by atoms with Crippen molar-refractivity contribution in [1.29, 1.82) is 0 Å². The van der Waals surface area contributed by atoms with E-state index in [1.54, 1.807) is 11.3 Å². The number of fused-ring (bicyclic) bond motifs is 1. The fourth-order valence-corrected chi connectivity index (χ4v) is 4.45. The van der Waals surface area contributed by atoms with Crippen molar-refractivity contribution < 1.29 is 9.59 Å². The molecule has 1 atom stereocenters. The summed E-state index contributed by atoms with van der Waals surface area (Å²) in [5, 5.41) is 6.76. The predicted octanol–water partition coefficient (Wildman–Crippen LogP) is 5.48. The molecule has 6 heteroatoms. The maximum atomic E-state index is 12.9. The van der Waals surface area contributed by atoms with E-state index in [1.165, 1.54) is 6.92 Å². The number of carbonyl (C=O) groups excluding carboxylic acids is 2. The Bertz CT molecular complexity index is 1200. The third-order valence-corrected chi connectivity index (χ3v) is 6.04. The zero-order chi connectivity index (χ0) is 21.8. The van der Waals surface area contributed by atoms with Gasteiger partial charge >= 0.3 is 0 Å². The lowest BCUT2D eigenvalue weighted by atomic mass is 10.0. The first-order valence-electron chi connectivity index (χ1n) is 10.1. The molecule has 4 aromatic rings. The van der Waals surface area contributed by atoms with Crippen molar-refractivity contribution in [3.8, 4) is 10.6 Å². The Morgan fingerprint density at radius 1 is 0.968 bits per heavy atom. The maximum absolute atomic E-state index is 12.9. The molecule has 1 aromatic heterocycles. The van der Waals surface area contributed by atoms with E-state index in [9.17, 15) is 9.59 Å². The highest BCUT2D eigenvalue weighted by molar-refractivity contribution is 7.21. The largest absolute Gasteiger partial charge is 0.349 e. The van der Waals surface area contributed by atoms with Crippen LogP contribution in [0.5, 0.6) is 0 Å². The number of hydrogen-bond donors (Lipinski definition) is 2. The first kappa shape index (κ1) is 20.8. The number of carbonyl (C=O) groups is 2. The van der Waals surface area contributed by atoms with Gasteiger partial charge in [-0.05, 0) is 36.8 Å². The normalized spacial score (nSPS) is 11.8. The molecule has 3 aromatic carbocycles. The SMILES string of the molecule is CC(=O)NC(CC(=O)Nc1ccccc1-c1nc2ccccc2s1)c1ccc(C)cc1. The standard InChI is InChI=1S/C25H23N3O2S/c1-16-11-13-18(14-12-16)22(26-17(2)29)15-24(30)27-20-8-4-3-7-19(20)25-28-21-9-5-6-10-23(21)31-25/h3-14,22H,15H2,1-2H3,(H,26,29)(H,27,30). The third-order valence-electron chi connectivity index (χ3n) is 4.97. The molecular weight excluding hydrogens is 406 g/mol. The average Bonchev–Trinajstić information content (AvgIpc) is 3.18. The van der Waals surface area contributed by atoms with Crippen LogP contribution in [0.3, 0.4) is 0 Å². The summed E-state index contributed by atoms with van der Waals surface area (Å²) in [7, 11) is 0. The zero-order valence-electron chi connectivity index (χ0n) is 17.4. The van der Waals surface area contributed by atoms with Crippen LogP contribution < -0.4 is 10.6 Å². The molecule has 1 heterocycles. The first-order chi connectivity index (χ1) is 15.0. The Kier molecular flexibility index (Phi) is 6.09. The van der Waals surface area contributed by atoms with Gasteiger partial charge in [0.1, 0.15) is 5.01 Å². The second-order valence-electron chi connectivity index (χ2n) is 7.45. The Labute approximate surface area is 185 Å². The molecule has 0 saturated carbocycles. The molecule has 0 radical (unpaired) electrons. The Balaban J connectivity index is 1.56. The fraction of sp³-hybridized carbons (Fsp3) is 0.160. The van der Waals surface area contributed by atoms with Crippen molar-refractivity contribution in [2.24, 2.45) is 0 Å². The summed E-state index contributed by atoms with van der Waals surface area (Å²) in [6.07, 6.45) is 0.136. The molecule has 4 rings (SSSR count). The van der Waals surface area contributed by atoms with Crippen LogP contribution in [0.25, 0.3) is 20.8 Å². The van der Waals surface area contributed by atoms with Gasteiger partial charge in [-0.3, -0.25) is 9.59 Å². The van der Waals surface area contributed by atoms with Crippen LogP contribution in [0.4, 0.5) is 5.69 Å². The van der Waals surface area contributed by atoms with Gasteiger partial charge in [0.2, 0.25) is 11.8 Å². The minimum absolute atomic E-state index is 0.136. The topological polar surface area (TPSA) is 71.1 Å². The summed E-state index contributed by atoms with van der Waals surface area (Å²) in [5.74, 6) is -0.346. The van der Waals surface area contributed by atoms with E-state index >= 15 is 0 Å². The number of thiazole rings is 1. The van der Waals surface area contributed by atoms with Gasteiger partial charge < -0.3 is 10.6 Å². The fourth-order valence-electron chi connectivity index (χ4n) is 3.45. The molecule has 2 amide bonds. The van der Waals surface area contributed by atoms with Crippen molar-refractivity contribution >= 4 is 39.1 Å². The summed E-state index contributed by atoms with van der Waals surface area (Å²) in [6, 6.07) is 23.1. The Morgan fingerprint density at radius 3 is 2.42 bits per heavy atom. The molecule has 0 bridgehead atoms. The van der Waals surface area contributed by atoms with Gasteiger partial charge in [0.25, 0.3) is 0 Å². The third kappa shape index (κ3) is 4.98. The smallest absolute Gasteiger partial charge is 0.226 e. The molecule has 0 aliphatic heterocycles. The quantitative estimate of drug-likeness (QED) is 0.426. The van der Waals surface area contributed by atoms with Gasteiger partial charge in [-0.15, -0.1) is 11.3 Å². The lowest BCUT2D eigenvalue weighted by Crippen LogP contribution is -2.29. The van der Waals surface area contributed by atoms with Crippen LogP contribution in [-0.4, -0.2) is 16.8 Å².